The highest BCUT2D eigenvalue weighted by Gasteiger charge is 2.21. The predicted octanol–water partition coefficient (Wildman–Crippen LogP) is 2.55. The summed E-state index contributed by atoms with van der Waals surface area (Å²) in [5, 5.41) is 2.65. The molecule has 0 aromatic heterocycles. The lowest BCUT2D eigenvalue weighted by atomic mass is 10.2. The van der Waals surface area contributed by atoms with Crippen LogP contribution in [0.4, 0.5) is 11.4 Å². The molecule has 2 aromatic rings. The van der Waals surface area contributed by atoms with Crippen LogP contribution in [0.3, 0.4) is 0 Å². The van der Waals surface area contributed by atoms with Crippen molar-refractivity contribution >= 4 is 33.3 Å². The Bertz CT molecular complexity index is 907. The van der Waals surface area contributed by atoms with Gasteiger partial charge in [-0.3, -0.25) is 9.52 Å². The Balaban J connectivity index is 2.07. The number of amides is 1. The SMILES string of the molecule is Cc1ccc(NC(=O)C(C)OC(=O)c2ccccc2NS(C)(=O)=O)cc1. The minimum atomic E-state index is -3.56. The molecule has 0 aliphatic rings. The van der Waals surface area contributed by atoms with Crippen LogP contribution in [0.2, 0.25) is 0 Å². The third-order valence-electron chi connectivity index (χ3n) is 3.41. The van der Waals surface area contributed by atoms with Gasteiger partial charge in [-0.25, -0.2) is 13.2 Å². The Morgan fingerprint density at radius 1 is 1.04 bits per heavy atom. The van der Waals surface area contributed by atoms with Gasteiger partial charge in [0.1, 0.15) is 0 Å². The summed E-state index contributed by atoms with van der Waals surface area (Å²) in [4.78, 5) is 24.5. The number of para-hydroxylation sites is 1. The van der Waals surface area contributed by atoms with Crippen molar-refractivity contribution < 1.29 is 22.7 Å². The van der Waals surface area contributed by atoms with Crippen molar-refractivity contribution in [3.8, 4) is 0 Å². The molecule has 0 spiro atoms. The number of esters is 1. The van der Waals surface area contributed by atoms with E-state index in [1.807, 2.05) is 19.1 Å². The van der Waals surface area contributed by atoms with Crippen molar-refractivity contribution in [3.05, 3.63) is 59.7 Å². The standard InChI is InChI=1S/C18H20N2O5S/c1-12-8-10-14(11-9-12)19-17(21)13(2)25-18(22)15-6-4-5-7-16(15)20-26(3,23)24/h4-11,13,20H,1-3H3,(H,19,21). The number of aryl methyl sites for hydroxylation is 1. The number of carbonyl (C=O) groups excluding carboxylic acids is 2. The molecule has 0 aliphatic heterocycles. The van der Waals surface area contributed by atoms with Crippen LogP contribution in [-0.4, -0.2) is 32.7 Å². The Kier molecular flexibility index (Phi) is 5.99. The van der Waals surface area contributed by atoms with Crippen LogP contribution in [-0.2, 0) is 19.6 Å². The molecule has 2 aromatic carbocycles. The molecule has 1 amide bonds. The Labute approximate surface area is 152 Å². The van der Waals surface area contributed by atoms with Crippen molar-refractivity contribution in [3.63, 3.8) is 0 Å². The Morgan fingerprint density at radius 3 is 2.27 bits per heavy atom. The Hall–Kier alpha value is -2.87. The molecule has 2 N–H and O–H groups in total. The van der Waals surface area contributed by atoms with Crippen LogP contribution in [0.5, 0.6) is 0 Å². The van der Waals surface area contributed by atoms with Gasteiger partial charge in [0.2, 0.25) is 10.0 Å². The third-order valence-corrected chi connectivity index (χ3v) is 4.01. The van der Waals surface area contributed by atoms with Gasteiger partial charge < -0.3 is 10.1 Å². The van der Waals surface area contributed by atoms with Crippen LogP contribution < -0.4 is 10.0 Å². The summed E-state index contributed by atoms with van der Waals surface area (Å²) in [5.74, 6) is -1.29. The molecule has 1 unspecified atom stereocenters. The van der Waals surface area contributed by atoms with Crippen molar-refractivity contribution in [1.29, 1.82) is 0 Å². The number of hydrogen-bond donors (Lipinski definition) is 2. The molecule has 0 radical (unpaired) electrons. The maximum atomic E-state index is 12.3. The zero-order valence-electron chi connectivity index (χ0n) is 14.6. The number of ether oxygens (including phenoxy) is 1. The second-order valence-corrected chi connectivity index (χ2v) is 7.57. The first-order valence-corrected chi connectivity index (χ1v) is 9.70. The minimum absolute atomic E-state index is 0.0212. The molecule has 26 heavy (non-hydrogen) atoms. The van der Waals surface area contributed by atoms with Crippen LogP contribution in [0, 0.1) is 6.92 Å². The summed E-state index contributed by atoms with van der Waals surface area (Å²) in [6.45, 7) is 3.37. The normalized spacial score (nSPS) is 12.1. The van der Waals surface area contributed by atoms with Gasteiger partial charge in [0, 0.05) is 5.69 Å². The number of carbonyl (C=O) groups is 2. The molecule has 0 heterocycles. The van der Waals surface area contributed by atoms with Gasteiger partial charge >= 0.3 is 5.97 Å². The van der Waals surface area contributed by atoms with Crippen LogP contribution in [0.1, 0.15) is 22.8 Å². The molecule has 2 rings (SSSR count). The summed E-state index contributed by atoms with van der Waals surface area (Å²) >= 11 is 0. The summed E-state index contributed by atoms with van der Waals surface area (Å²) in [7, 11) is -3.56. The van der Waals surface area contributed by atoms with Gasteiger partial charge in [0.05, 0.1) is 17.5 Å². The van der Waals surface area contributed by atoms with Gasteiger partial charge in [0.25, 0.3) is 5.91 Å². The fourth-order valence-corrected chi connectivity index (χ4v) is 2.69. The number of anilines is 2. The second kappa shape index (κ2) is 8.01. The minimum Gasteiger partial charge on any atom is -0.449 e. The number of rotatable bonds is 6. The molecule has 0 bridgehead atoms. The zero-order valence-corrected chi connectivity index (χ0v) is 15.5. The first kappa shape index (κ1) is 19.5. The highest BCUT2D eigenvalue weighted by atomic mass is 32.2. The molecule has 0 aliphatic carbocycles. The quantitative estimate of drug-likeness (QED) is 0.755. The molecule has 138 valence electrons. The maximum absolute atomic E-state index is 12.3. The van der Waals surface area contributed by atoms with E-state index in [1.165, 1.54) is 19.1 Å². The van der Waals surface area contributed by atoms with E-state index < -0.39 is 28.0 Å². The zero-order chi connectivity index (χ0) is 19.3. The lowest BCUT2D eigenvalue weighted by Crippen LogP contribution is -2.30. The fraction of sp³-hybridized carbons (Fsp3) is 0.222. The van der Waals surface area contributed by atoms with Crippen LogP contribution >= 0.6 is 0 Å². The number of benzene rings is 2. The van der Waals surface area contributed by atoms with E-state index in [9.17, 15) is 18.0 Å². The number of nitrogens with one attached hydrogen (secondary N) is 2. The van der Waals surface area contributed by atoms with Crippen LogP contribution in [0.25, 0.3) is 0 Å². The summed E-state index contributed by atoms with van der Waals surface area (Å²) < 4.78 is 30.2. The van der Waals surface area contributed by atoms with Gasteiger partial charge in [-0.05, 0) is 38.1 Å². The smallest absolute Gasteiger partial charge is 0.341 e. The van der Waals surface area contributed by atoms with E-state index in [-0.39, 0.29) is 11.3 Å². The van der Waals surface area contributed by atoms with Crippen LogP contribution in [0.15, 0.2) is 48.5 Å². The average molecular weight is 376 g/mol. The first-order valence-electron chi connectivity index (χ1n) is 7.81. The van der Waals surface area contributed by atoms with E-state index >= 15 is 0 Å². The van der Waals surface area contributed by atoms with E-state index in [0.29, 0.717) is 5.69 Å². The van der Waals surface area contributed by atoms with Gasteiger partial charge in [0.15, 0.2) is 6.10 Å². The summed E-state index contributed by atoms with van der Waals surface area (Å²) in [6.07, 6.45) is -0.0812. The second-order valence-electron chi connectivity index (χ2n) is 5.82. The highest BCUT2D eigenvalue weighted by Crippen LogP contribution is 2.18. The molecule has 0 saturated heterocycles. The van der Waals surface area contributed by atoms with E-state index in [2.05, 4.69) is 10.0 Å². The van der Waals surface area contributed by atoms with Crippen molar-refractivity contribution in [2.75, 3.05) is 16.3 Å². The Morgan fingerprint density at radius 2 is 1.65 bits per heavy atom. The number of sulfonamides is 1. The van der Waals surface area contributed by atoms with Gasteiger partial charge in [-0.15, -0.1) is 0 Å². The first-order chi connectivity index (χ1) is 12.2. The summed E-state index contributed by atoms with van der Waals surface area (Å²) in [5.41, 5.74) is 1.75. The van der Waals surface area contributed by atoms with Crippen molar-refractivity contribution in [2.45, 2.75) is 20.0 Å². The van der Waals surface area contributed by atoms with E-state index in [1.54, 1.807) is 24.3 Å². The lowest BCUT2D eigenvalue weighted by molar-refractivity contribution is -0.123. The maximum Gasteiger partial charge on any atom is 0.341 e. The molecule has 0 fully saturated rings. The molecular weight excluding hydrogens is 356 g/mol. The monoisotopic (exact) mass is 376 g/mol. The van der Waals surface area contributed by atoms with E-state index in [0.717, 1.165) is 11.8 Å². The van der Waals surface area contributed by atoms with E-state index in [4.69, 9.17) is 4.74 Å². The largest absolute Gasteiger partial charge is 0.449 e. The highest BCUT2D eigenvalue weighted by molar-refractivity contribution is 7.92. The average Bonchev–Trinajstić information content (AvgIpc) is 2.55. The van der Waals surface area contributed by atoms with Crippen molar-refractivity contribution in [2.24, 2.45) is 0 Å². The molecule has 0 saturated carbocycles. The molecular formula is C18H20N2O5S. The third kappa shape index (κ3) is 5.59. The molecule has 7 nitrogen and oxygen atoms in total. The van der Waals surface area contributed by atoms with Crippen molar-refractivity contribution in [1.82, 2.24) is 0 Å². The molecule has 8 heteroatoms. The number of hydrogen-bond acceptors (Lipinski definition) is 5. The summed E-state index contributed by atoms with van der Waals surface area (Å²) in [6, 6.07) is 13.2. The topological polar surface area (TPSA) is 102 Å². The fourth-order valence-electron chi connectivity index (χ4n) is 2.11. The lowest BCUT2D eigenvalue weighted by Gasteiger charge is -2.15. The predicted molar refractivity (Wildman–Crippen MR) is 99.6 cm³/mol. The van der Waals surface area contributed by atoms with Gasteiger partial charge in [-0.1, -0.05) is 29.8 Å². The molecule has 1 atom stereocenters. The van der Waals surface area contributed by atoms with Gasteiger partial charge in [-0.2, -0.15) is 0 Å².